The van der Waals surface area contributed by atoms with Gasteiger partial charge in [-0.3, -0.25) is 4.79 Å². The van der Waals surface area contributed by atoms with Crippen molar-refractivity contribution in [3.63, 3.8) is 0 Å². The van der Waals surface area contributed by atoms with Crippen LogP contribution in [0.25, 0.3) is 10.6 Å². The number of carbonyl (C=O) groups excluding carboxylic acids is 2. The summed E-state index contributed by atoms with van der Waals surface area (Å²) in [5, 5.41) is 10.8. The summed E-state index contributed by atoms with van der Waals surface area (Å²) in [6.07, 6.45) is 1.56. The van der Waals surface area contributed by atoms with E-state index in [2.05, 4.69) is 4.98 Å². The van der Waals surface area contributed by atoms with Crippen LogP contribution in [-0.4, -0.2) is 52.2 Å². The fourth-order valence-electron chi connectivity index (χ4n) is 2.84. The number of hydrogen-bond donors (Lipinski definition) is 1. The van der Waals surface area contributed by atoms with Crippen molar-refractivity contribution in [3.8, 4) is 10.6 Å². The smallest absolute Gasteiger partial charge is 0.338 e. The van der Waals surface area contributed by atoms with Gasteiger partial charge in [-0.25, -0.2) is 18.6 Å². The highest BCUT2D eigenvalue weighted by atomic mass is 32.1. The SMILES string of the molecule is CCOC(=O)C1(O)CCN(C(=O)c2cnc(-c3ccc(F)c(F)c3)s2)CC1. The second-order valence-electron chi connectivity index (χ2n) is 6.20. The molecule has 1 saturated heterocycles. The summed E-state index contributed by atoms with van der Waals surface area (Å²) < 4.78 is 31.3. The molecule has 0 bridgehead atoms. The first kappa shape index (κ1) is 19.4. The van der Waals surface area contributed by atoms with E-state index in [1.807, 2.05) is 0 Å². The lowest BCUT2D eigenvalue weighted by Gasteiger charge is -2.36. The number of halogens is 2. The minimum atomic E-state index is -1.57. The summed E-state index contributed by atoms with van der Waals surface area (Å²) in [6.45, 7) is 2.24. The van der Waals surface area contributed by atoms with Crippen LogP contribution in [-0.2, 0) is 9.53 Å². The number of carbonyl (C=O) groups is 2. The molecule has 6 nitrogen and oxygen atoms in total. The van der Waals surface area contributed by atoms with Crippen molar-refractivity contribution < 1.29 is 28.2 Å². The number of thiazole rings is 1. The van der Waals surface area contributed by atoms with Gasteiger partial charge in [-0.15, -0.1) is 11.3 Å². The summed E-state index contributed by atoms with van der Waals surface area (Å²) in [7, 11) is 0. The van der Waals surface area contributed by atoms with Crippen LogP contribution in [0.3, 0.4) is 0 Å². The van der Waals surface area contributed by atoms with E-state index in [4.69, 9.17) is 4.74 Å². The van der Waals surface area contributed by atoms with Crippen LogP contribution in [0.1, 0.15) is 29.4 Å². The molecule has 1 amide bonds. The third-order valence-corrected chi connectivity index (χ3v) is 5.45. The molecule has 1 fully saturated rings. The monoisotopic (exact) mass is 396 g/mol. The van der Waals surface area contributed by atoms with Crippen molar-refractivity contribution in [1.82, 2.24) is 9.88 Å². The van der Waals surface area contributed by atoms with Gasteiger partial charge < -0.3 is 14.7 Å². The van der Waals surface area contributed by atoms with Crippen LogP contribution >= 0.6 is 11.3 Å². The molecule has 0 radical (unpaired) electrons. The van der Waals surface area contributed by atoms with Gasteiger partial charge in [0, 0.05) is 31.5 Å². The number of piperidine rings is 1. The summed E-state index contributed by atoms with van der Waals surface area (Å²) in [4.78, 5) is 30.5. The van der Waals surface area contributed by atoms with Crippen LogP contribution in [0.4, 0.5) is 8.78 Å². The number of amides is 1. The number of hydrogen-bond acceptors (Lipinski definition) is 6. The summed E-state index contributed by atoms with van der Waals surface area (Å²) in [6, 6.07) is 3.43. The molecule has 1 aliphatic rings. The van der Waals surface area contributed by atoms with E-state index in [-0.39, 0.29) is 38.4 Å². The van der Waals surface area contributed by atoms with E-state index in [0.29, 0.717) is 15.4 Å². The van der Waals surface area contributed by atoms with Gasteiger partial charge in [-0.2, -0.15) is 0 Å². The normalized spacial score (nSPS) is 16.2. The topological polar surface area (TPSA) is 79.7 Å². The maximum atomic E-state index is 13.4. The van der Waals surface area contributed by atoms with E-state index in [1.54, 1.807) is 6.92 Å². The predicted molar refractivity (Wildman–Crippen MR) is 94.2 cm³/mol. The highest BCUT2D eigenvalue weighted by Gasteiger charge is 2.42. The van der Waals surface area contributed by atoms with Crippen molar-refractivity contribution in [1.29, 1.82) is 0 Å². The number of rotatable bonds is 4. The van der Waals surface area contributed by atoms with Crippen LogP contribution in [0.2, 0.25) is 0 Å². The minimum absolute atomic E-state index is 0.0897. The third kappa shape index (κ3) is 3.98. The third-order valence-electron chi connectivity index (χ3n) is 4.42. The molecule has 1 N–H and O–H groups in total. The molecule has 2 heterocycles. The summed E-state index contributed by atoms with van der Waals surface area (Å²) in [5.41, 5.74) is -1.19. The summed E-state index contributed by atoms with van der Waals surface area (Å²) in [5.74, 6) is -2.89. The van der Waals surface area contributed by atoms with Gasteiger partial charge in [-0.05, 0) is 25.1 Å². The van der Waals surface area contributed by atoms with Gasteiger partial charge in [0.1, 0.15) is 9.88 Å². The van der Waals surface area contributed by atoms with E-state index < -0.39 is 23.2 Å². The molecule has 0 unspecified atom stereocenters. The first-order chi connectivity index (χ1) is 12.8. The Morgan fingerprint density at radius 2 is 2.00 bits per heavy atom. The Morgan fingerprint density at radius 1 is 1.30 bits per heavy atom. The largest absolute Gasteiger partial charge is 0.464 e. The fourth-order valence-corrected chi connectivity index (χ4v) is 3.72. The number of esters is 1. The minimum Gasteiger partial charge on any atom is -0.464 e. The van der Waals surface area contributed by atoms with Crippen LogP contribution in [0, 0.1) is 11.6 Å². The highest BCUT2D eigenvalue weighted by Crippen LogP contribution is 2.29. The van der Waals surface area contributed by atoms with Crippen molar-refractivity contribution in [2.75, 3.05) is 19.7 Å². The molecule has 1 aliphatic heterocycles. The molecule has 27 heavy (non-hydrogen) atoms. The quantitative estimate of drug-likeness (QED) is 0.804. The Morgan fingerprint density at radius 3 is 2.63 bits per heavy atom. The number of ether oxygens (including phenoxy) is 1. The second kappa shape index (κ2) is 7.69. The predicted octanol–water partition coefficient (Wildman–Crippen LogP) is 2.62. The van der Waals surface area contributed by atoms with Crippen molar-refractivity contribution in [2.45, 2.75) is 25.4 Å². The molecule has 0 saturated carbocycles. The zero-order chi connectivity index (χ0) is 19.6. The van der Waals surface area contributed by atoms with Gasteiger partial charge in [0.25, 0.3) is 5.91 Å². The summed E-state index contributed by atoms with van der Waals surface area (Å²) >= 11 is 1.07. The second-order valence-corrected chi connectivity index (χ2v) is 7.23. The lowest BCUT2D eigenvalue weighted by atomic mass is 9.91. The fraction of sp³-hybridized carbons (Fsp3) is 0.389. The maximum absolute atomic E-state index is 13.4. The molecule has 0 atom stereocenters. The van der Waals surface area contributed by atoms with E-state index in [1.165, 1.54) is 17.2 Å². The number of likely N-dealkylation sites (tertiary alicyclic amines) is 1. The molecule has 3 rings (SSSR count). The number of benzene rings is 1. The van der Waals surface area contributed by atoms with Gasteiger partial charge in [0.15, 0.2) is 17.2 Å². The first-order valence-electron chi connectivity index (χ1n) is 8.44. The van der Waals surface area contributed by atoms with Crippen molar-refractivity contribution in [2.24, 2.45) is 0 Å². The molecule has 9 heteroatoms. The Bertz CT molecular complexity index is 863. The number of nitrogens with zero attached hydrogens (tertiary/aromatic N) is 2. The van der Waals surface area contributed by atoms with E-state index in [0.717, 1.165) is 23.5 Å². The molecule has 2 aromatic rings. The van der Waals surface area contributed by atoms with E-state index in [9.17, 15) is 23.5 Å². The molecule has 0 aliphatic carbocycles. The molecular weight excluding hydrogens is 378 g/mol. The first-order valence-corrected chi connectivity index (χ1v) is 9.26. The molecule has 1 aromatic heterocycles. The van der Waals surface area contributed by atoms with Crippen LogP contribution in [0.5, 0.6) is 0 Å². The van der Waals surface area contributed by atoms with Crippen molar-refractivity contribution >= 4 is 23.2 Å². The number of aliphatic hydroxyl groups is 1. The Labute approximate surface area is 158 Å². The van der Waals surface area contributed by atoms with Gasteiger partial charge in [0.2, 0.25) is 0 Å². The average molecular weight is 396 g/mol. The Hall–Kier alpha value is -2.39. The lowest BCUT2D eigenvalue weighted by molar-refractivity contribution is -0.169. The Balaban J connectivity index is 1.68. The zero-order valence-electron chi connectivity index (χ0n) is 14.6. The average Bonchev–Trinajstić information content (AvgIpc) is 3.14. The highest BCUT2D eigenvalue weighted by molar-refractivity contribution is 7.16. The molecule has 0 spiro atoms. The van der Waals surface area contributed by atoms with Gasteiger partial charge >= 0.3 is 5.97 Å². The van der Waals surface area contributed by atoms with E-state index >= 15 is 0 Å². The maximum Gasteiger partial charge on any atom is 0.338 e. The zero-order valence-corrected chi connectivity index (χ0v) is 15.4. The lowest BCUT2D eigenvalue weighted by Crippen LogP contribution is -2.51. The Kier molecular flexibility index (Phi) is 5.52. The molecule has 1 aromatic carbocycles. The van der Waals surface area contributed by atoms with Gasteiger partial charge in [-0.1, -0.05) is 0 Å². The van der Waals surface area contributed by atoms with Crippen LogP contribution < -0.4 is 0 Å². The number of aromatic nitrogens is 1. The van der Waals surface area contributed by atoms with Crippen molar-refractivity contribution in [3.05, 3.63) is 40.9 Å². The van der Waals surface area contributed by atoms with Crippen LogP contribution in [0.15, 0.2) is 24.4 Å². The standard InChI is InChI=1S/C18H18F2N2O4S/c1-2-26-17(24)18(25)5-7-22(8-6-18)16(23)14-10-21-15(27-14)11-3-4-12(19)13(20)9-11/h3-4,9-10,25H,2,5-8H2,1H3. The molecule has 144 valence electrons. The molecular formula is C18H18F2N2O4S. The van der Waals surface area contributed by atoms with Gasteiger partial charge in [0.05, 0.1) is 12.8 Å².